The van der Waals surface area contributed by atoms with Crippen LogP contribution in [-0.4, -0.2) is 70.4 Å². The number of aliphatic hydroxyl groups excluding tert-OH is 1. The molecule has 0 saturated carbocycles. The van der Waals surface area contributed by atoms with Crippen molar-refractivity contribution < 1.29 is 9.84 Å². The lowest BCUT2D eigenvalue weighted by atomic mass is 10.2. The maximum absolute atomic E-state index is 10.3. The minimum Gasteiger partial charge on any atom is -0.491 e. The molecule has 1 fully saturated rings. The molecule has 0 spiro atoms. The van der Waals surface area contributed by atoms with Crippen LogP contribution in [0, 0.1) is 0 Å². The highest BCUT2D eigenvalue weighted by Gasteiger charge is 2.20. The van der Waals surface area contributed by atoms with Gasteiger partial charge in [-0.2, -0.15) is 0 Å². The summed E-state index contributed by atoms with van der Waals surface area (Å²) in [6.07, 6.45) is 2.83. The van der Waals surface area contributed by atoms with E-state index in [1.165, 1.54) is 0 Å². The number of β-amino-alcohol motifs (C(OH)–C–C–N with tert-alkyl or cyclic N) is 1. The highest BCUT2D eigenvalue weighted by Crippen LogP contribution is 2.17. The van der Waals surface area contributed by atoms with Gasteiger partial charge in [0.05, 0.1) is 0 Å². The van der Waals surface area contributed by atoms with Gasteiger partial charge in [-0.05, 0) is 24.3 Å². The third-order valence-electron chi connectivity index (χ3n) is 4.67. The average Bonchev–Trinajstić information content (AvgIpc) is 2.73. The first kappa shape index (κ1) is 17.6. The molecule has 4 rings (SSSR count). The molecule has 1 aliphatic heterocycles. The SMILES string of the molecule is OC(COc1ccccc1)CN1CCN(c2ccc3nccnc3n2)CC1. The zero-order chi connectivity index (χ0) is 18.5. The number of nitrogens with zero attached hydrogens (tertiary/aromatic N) is 5. The van der Waals surface area contributed by atoms with Gasteiger partial charge in [0.1, 0.15) is 29.8 Å². The predicted molar refractivity (Wildman–Crippen MR) is 104 cm³/mol. The Hall–Kier alpha value is -2.77. The van der Waals surface area contributed by atoms with Crippen LogP contribution in [0.2, 0.25) is 0 Å². The Morgan fingerprint density at radius 3 is 2.56 bits per heavy atom. The fraction of sp³-hybridized carbons (Fsp3) is 0.350. The van der Waals surface area contributed by atoms with E-state index in [9.17, 15) is 5.11 Å². The second kappa shape index (κ2) is 8.28. The Bertz CT molecular complexity index is 868. The van der Waals surface area contributed by atoms with Crippen molar-refractivity contribution in [2.45, 2.75) is 6.10 Å². The first-order valence-corrected chi connectivity index (χ1v) is 9.19. The van der Waals surface area contributed by atoms with Crippen LogP contribution in [-0.2, 0) is 0 Å². The number of fused-ring (bicyclic) bond motifs is 1. The molecule has 1 aliphatic rings. The van der Waals surface area contributed by atoms with E-state index in [-0.39, 0.29) is 0 Å². The van der Waals surface area contributed by atoms with Crippen molar-refractivity contribution in [3.8, 4) is 5.75 Å². The summed E-state index contributed by atoms with van der Waals surface area (Å²) < 4.78 is 5.63. The van der Waals surface area contributed by atoms with E-state index in [4.69, 9.17) is 4.74 Å². The second-order valence-electron chi connectivity index (χ2n) is 6.63. The standard InChI is InChI=1S/C20H23N5O2/c26-16(15-27-17-4-2-1-3-5-17)14-24-10-12-25(13-11-24)19-7-6-18-20(23-19)22-9-8-21-18/h1-9,16,26H,10-15H2. The molecule has 1 N–H and O–H groups in total. The molecule has 7 nitrogen and oxygen atoms in total. The number of hydrogen-bond acceptors (Lipinski definition) is 7. The Kier molecular flexibility index (Phi) is 5.41. The number of ether oxygens (including phenoxy) is 1. The number of para-hydroxylation sites is 1. The molecule has 1 aromatic carbocycles. The summed E-state index contributed by atoms with van der Waals surface area (Å²) >= 11 is 0. The third-order valence-corrected chi connectivity index (χ3v) is 4.67. The van der Waals surface area contributed by atoms with Gasteiger partial charge in [0, 0.05) is 45.1 Å². The van der Waals surface area contributed by atoms with Crippen LogP contribution in [0.15, 0.2) is 54.9 Å². The van der Waals surface area contributed by atoms with Crippen LogP contribution in [0.4, 0.5) is 5.82 Å². The van der Waals surface area contributed by atoms with Gasteiger partial charge in [-0.3, -0.25) is 9.88 Å². The van der Waals surface area contributed by atoms with Gasteiger partial charge in [0.25, 0.3) is 0 Å². The Balaban J connectivity index is 1.26. The molecule has 27 heavy (non-hydrogen) atoms. The van der Waals surface area contributed by atoms with Gasteiger partial charge >= 0.3 is 0 Å². The lowest BCUT2D eigenvalue weighted by molar-refractivity contribution is 0.0662. The number of hydrogen-bond donors (Lipinski definition) is 1. The molecule has 0 bridgehead atoms. The minimum absolute atomic E-state index is 0.301. The van der Waals surface area contributed by atoms with E-state index in [2.05, 4.69) is 24.8 Å². The molecule has 2 aromatic heterocycles. The summed E-state index contributed by atoms with van der Waals surface area (Å²) in [5, 5.41) is 10.3. The third kappa shape index (κ3) is 4.50. The van der Waals surface area contributed by atoms with E-state index in [1.54, 1.807) is 12.4 Å². The number of aliphatic hydroxyl groups is 1. The molecule has 3 heterocycles. The van der Waals surface area contributed by atoms with E-state index in [0.717, 1.165) is 43.3 Å². The molecular formula is C20H23N5O2. The van der Waals surface area contributed by atoms with Crippen LogP contribution in [0.5, 0.6) is 5.75 Å². The Labute approximate surface area is 158 Å². The highest BCUT2D eigenvalue weighted by atomic mass is 16.5. The van der Waals surface area contributed by atoms with Gasteiger partial charge < -0.3 is 14.7 Å². The average molecular weight is 365 g/mol. The maximum Gasteiger partial charge on any atom is 0.180 e. The van der Waals surface area contributed by atoms with E-state index >= 15 is 0 Å². The second-order valence-corrected chi connectivity index (χ2v) is 6.63. The van der Waals surface area contributed by atoms with Crippen LogP contribution in [0.3, 0.4) is 0 Å². The molecule has 1 atom stereocenters. The molecule has 140 valence electrons. The first-order chi connectivity index (χ1) is 13.3. The molecule has 0 radical (unpaired) electrons. The molecule has 3 aromatic rings. The first-order valence-electron chi connectivity index (χ1n) is 9.19. The van der Waals surface area contributed by atoms with Gasteiger partial charge in [-0.25, -0.2) is 9.97 Å². The normalized spacial score (nSPS) is 16.4. The predicted octanol–water partition coefficient (Wildman–Crippen LogP) is 1.59. The van der Waals surface area contributed by atoms with E-state index in [0.29, 0.717) is 18.8 Å². The number of anilines is 1. The smallest absolute Gasteiger partial charge is 0.180 e. The molecule has 7 heteroatoms. The number of aromatic nitrogens is 3. The number of rotatable bonds is 6. The molecular weight excluding hydrogens is 342 g/mol. The van der Waals surface area contributed by atoms with Crippen LogP contribution >= 0.6 is 0 Å². The van der Waals surface area contributed by atoms with Crippen molar-refractivity contribution in [2.75, 3.05) is 44.2 Å². The van der Waals surface area contributed by atoms with E-state index < -0.39 is 6.10 Å². The molecule has 1 saturated heterocycles. The summed E-state index contributed by atoms with van der Waals surface area (Å²) in [6, 6.07) is 13.5. The Morgan fingerprint density at radius 1 is 0.963 bits per heavy atom. The van der Waals surface area contributed by atoms with Gasteiger partial charge in [0.2, 0.25) is 0 Å². The summed E-state index contributed by atoms with van der Waals surface area (Å²) in [7, 11) is 0. The number of pyridine rings is 1. The lowest BCUT2D eigenvalue weighted by Gasteiger charge is -2.36. The van der Waals surface area contributed by atoms with Crippen molar-refractivity contribution in [3.63, 3.8) is 0 Å². The Morgan fingerprint density at radius 2 is 1.74 bits per heavy atom. The monoisotopic (exact) mass is 365 g/mol. The van der Waals surface area contributed by atoms with Crippen molar-refractivity contribution >= 4 is 17.0 Å². The maximum atomic E-state index is 10.3. The van der Waals surface area contributed by atoms with Crippen molar-refractivity contribution in [1.82, 2.24) is 19.9 Å². The summed E-state index contributed by atoms with van der Waals surface area (Å²) in [5.74, 6) is 1.71. The fourth-order valence-electron chi connectivity index (χ4n) is 3.24. The summed E-state index contributed by atoms with van der Waals surface area (Å²) in [4.78, 5) is 17.7. The van der Waals surface area contributed by atoms with Gasteiger partial charge in [0.15, 0.2) is 5.65 Å². The summed E-state index contributed by atoms with van der Waals surface area (Å²) in [5.41, 5.74) is 1.48. The molecule has 1 unspecified atom stereocenters. The van der Waals surface area contributed by atoms with Crippen LogP contribution in [0.25, 0.3) is 11.2 Å². The summed E-state index contributed by atoms with van der Waals surface area (Å²) in [6.45, 7) is 4.40. The van der Waals surface area contributed by atoms with Crippen LogP contribution in [0.1, 0.15) is 0 Å². The topological polar surface area (TPSA) is 74.6 Å². The van der Waals surface area contributed by atoms with E-state index in [1.807, 2.05) is 42.5 Å². The molecule has 0 amide bonds. The number of benzene rings is 1. The molecule has 0 aliphatic carbocycles. The highest BCUT2D eigenvalue weighted by molar-refractivity contribution is 5.71. The lowest BCUT2D eigenvalue weighted by Crippen LogP contribution is -2.49. The largest absolute Gasteiger partial charge is 0.491 e. The van der Waals surface area contributed by atoms with Crippen molar-refractivity contribution in [2.24, 2.45) is 0 Å². The van der Waals surface area contributed by atoms with Gasteiger partial charge in [-0.15, -0.1) is 0 Å². The zero-order valence-electron chi connectivity index (χ0n) is 15.1. The van der Waals surface area contributed by atoms with Gasteiger partial charge in [-0.1, -0.05) is 18.2 Å². The quantitative estimate of drug-likeness (QED) is 0.711. The van der Waals surface area contributed by atoms with Crippen LogP contribution < -0.4 is 9.64 Å². The van der Waals surface area contributed by atoms with Crippen molar-refractivity contribution in [1.29, 1.82) is 0 Å². The zero-order valence-corrected chi connectivity index (χ0v) is 15.1. The van der Waals surface area contributed by atoms with Crippen molar-refractivity contribution in [3.05, 3.63) is 54.9 Å². The minimum atomic E-state index is -0.508. The fourth-order valence-corrected chi connectivity index (χ4v) is 3.24. The number of piperazine rings is 1.